The fourth-order valence-corrected chi connectivity index (χ4v) is 3.20. The Labute approximate surface area is 120 Å². The van der Waals surface area contributed by atoms with Gasteiger partial charge in [0, 0.05) is 37.1 Å². The number of carbonyl (C=O) groups excluding carboxylic acids is 1. The van der Waals surface area contributed by atoms with Crippen molar-refractivity contribution in [3.05, 3.63) is 18.1 Å². The molecule has 3 rings (SSSR count). The first kappa shape index (κ1) is 13.5. The predicted octanol–water partition coefficient (Wildman–Crippen LogP) is 1.63. The summed E-state index contributed by atoms with van der Waals surface area (Å²) in [5.74, 6) is 0.937. The molecule has 1 aromatic rings. The highest BCUT2D eigenvalue weighted by molar-refractivity contribution is 6.00. The Kier molecular flexibility index (Phi) is 3.24. The van der Waals surface area contributed by atoms with Crippen molar-refractivity contribution in [3.63, 3.8) is 0 Å². The number of carbonyl (C=O) groups is 1. The molecule has 0 aliphatic carbocycles. The Hall–Kier alpha value is -1.49. The highest BCUT2D eigenvalue weighted by atomic mass is 16.2. The standard InChI is InChI=1S/C15H22N4O/c1-15(2,3)18-8-4-11(5-9-18)19-13(20)10-12-14(19)17-7-6-16-12/h6-7,11H,4-5,8-10H2,1-3H3. The monoisotopic (exact) mass is 274 g/mol. The SMILES string of the molecule is CC(C)(C)N1CCC(N2C(=O)Cc3nccnc32)CC1. The van der Waals surface area contributed by atoms with Crippen LogP contribution in [0.5, 0.6) is 0 Å². The fraction of sp³-hybridized carbons (Fsp3) is 0.667. The summed E-state index contributed by atoms with van der Waals surface area (Å²) in [6.45, 7) is 8.81. The van der Waals surface area contributed by atoms with Crippen LogP contribution in [-0.2, 0) is 11.2 Å². The minimum atomic E-state index is 0.153. The van der Waals surface area contributed by atoms with Crippen molar-refractivity contribution in [3.8, 4) is 0 Å². The molecule has 0 atom stereocenters. The van der Waals surface area contributed by atoms with Crippen molar-refractivity contribution in [2.45, 2.75) is 51.6 Å². The highest BCUT2D eigenvalue weighted by Crippen LogP contribution is 2.31. The van der Waals surface area contributed by atoms with Crippen LogP contribution in [0.4, 0.5) is 5.82 Å². The predicted molar refractivity (Wildman–Crippen MR) is 77.6 cm³/mol. The van der Waals surface area contributed by atoms with E-state index in [0.717, 1.165) is 37.4 Å². The van der Waals surface area contributed by atoms with E-state index in [1.54, 1.807) is 12.4 Å². The first-order valence-corrected chi connectivity index (χ1v) is 7.34. The van der Waals surface area contributed by atoms with Gasteiger partial charge in [-0.05, 0) is 33.6 Å². The van der Waals surface area contributed by atoms with E-state index < -0.39 is 0 Å². The second-order valence-corrected chi connectivity index (χ2v) is 6.66. The average Bonchev–Trinajstić information content (AvgIpc) is 2.73. The van der Waals surface area contributed by atoms with Crippen LogP contribution in [-0.4, -0.2) is 45.4 Å². The van der Waals surface area contributed by atoms with Gasteiger partial charge in [0.25, 0.3) is 0 Å². The molecule has 0 spiro atoms. The summed E-state index contributed by atoms with van der Waals surface area (Å²) in [6.07, 6.45) is 5.77. The minimum Gasteiger partial charge on any atom is -0.298 e. The van der Waals surface area contributed by atoms with Crippen LogP contribution in [0.1, 0.15) is 39.3 Å². The zero-order chi connectivity index (χ0) is 14.3. The number of piperidine rings is 1. The summed E-state index contributed by atoms with van der Waals surface area (Å²) in [7, 11) is 0. The zero-order valence-corrected chi connectivity index (χ0v) is 12.5. The van der Waals surface area contributed by atoms with Crippen molar-refractivity contribution in [2.75, 3.05) is 18.0 Å². The smallest absolute Gasteiger partial charge is 0.234 e. The van der Waals surface area contributed by atoms with Gasteiger partial charge in [-0.15, -0.1) is 0 Å². The minimum absolute atomic E-state index is 0.153. The molecule has 108 valence electrons. The molecule has 0 bridgehead atoms. The van der Waals surface area contributed by atoms with Gasteiger partial charge in [-0.25, -0.2) is 4.98 Å². The highest BCUT2D eigenvalue weighted by Gasteiger charge is 2.37. The third-order valence-corrected chi connectivity index (χ3v) is 4.35. The summed E-state index contributed by atoms with van der Waals surface area (Å²) < 4.78 is 0. The van der Waals surface area contributed by atoms with E-state index in [4.69, 9.17) is 0 Å². The summed E-state index contributed by atoms with van der Waals surface area (Å²) in [6, 6.07) is 0.277. The van der Waals surface area contributed by atoms with Gasteiger partial charge in [0.1, 0.15) is 0 Å². The molecule has 0 radical (unpaired) electrons. The molecule has 0 saturated carbocycles. The van der Waals surface area contributed by atoms with Crippen LogP contribution in [0.25, 0.3) is 0 Å². The molecule has 5 nitrogen and oxygen atoms in total. The maximum atomic E-state index is 12.2. The zero-order valence-electron chi connectivity index (χ0n) is 12.5. The number of aromatic nitrogens is 2. The third kappa shape index (κ3) is 2.30. The van der Waals surface area contributed by atoms with Crippen molar-refractivity contribution in [2.24, 2.45) is 0 Å². The van der Waals surface area contributed by atoms with Crippen molar-refractivity contribution < 1.29 is 4.79 Å². The molecular formula is C15H22N4O. The van der Waals surface area contributed by atoms with Crippen molar-refractivity contribution in [1.82, 2.24) is 14.9 Å². The molecule has 1 fully saturated rings. The van der Waals surface area contributed by atoms with E-state index in [1.807, 2.05) is 4.90 Å². The van der Waals surface area contributed by atoms with Crippen molar-refractivity contribution >= 4 is 11.7 Å². The molecule has 0 unspecified atom stereocenters. The molecule has 2 aliphatic rings. The molecule has 0 aromatic carbocycles. The van der Waals surface area contributed by atoms with E-state index >= 15 is 0 Å². The lowest BCUT2D eigenvalue weighted by molar-refractivity contribution is -0.118. The molecule has 1 amide bonds. The van der Waals surface area contributed by atoms with Gasteiger partial charge in [-0.2, -0.15) is 0 Å². The average molecular weight is 274 g/mol. The normalized spacial score (nSPS) is 21.4. The Morgan fingerprint density at radius 3 is 2.45 bits per heavy atom. The van der Waals surface area contributed by atoms with Gasteiger partial charge in [0.15, 0.2) is 5.82 Å². The van der Waals surface area contributed by atoms with E-state index in [1.165, 1.54) is 0 Å². The number of nitrogens with zero attached hydrogens (tertiary/aromatic N) is 4. The summed E-state index contributed by atoms with van der Waals surface area (Å²) in [4.78, 5) is 25.3. The van der Waals surface area contributed by atoms with Gasteiger partial charge >= 0.3 is 0 Å². The summed E-state index contributed by atoms with van der Waals surface area (Å²) >= 11 is 0. The van der Waals surface area contributed by atoms with Crippen molar-refractivity contribution in [1.29, 1.82) is 0 Å². The van der Waals surface area contributed by atoms with E-state index in [9.17, 15) is 4.79 Å². The molecule has 2 aliphatic heterocycles. The second-order valence-electron chi connectivity index (χ2n) is 6.66. The Balaban J connectivity index is 1.74. The summed E-state index contributed by atoms with van der Waals surface area (Å²) in [5, 5.41) is 0. The van der Waals surface area contributed by atoms with Crippen LogP contribution in [0.2, 0.25) is 0 Å². The third-order valence-electron chi connectivity index (χ3n) is 4.35. The lowest BCUT2D eigenvalue weighted by Gasteiger charge is -2.42. The van der Waals surface area contributed by atoms with E-state index in [0.29, 0.717) is 6.42 Å². The number of fused-ring (bicyclic) bond motifs is 1. The van der Waals surface area contributed by atoms with Gasteiger partial charge in [-0.1, -0.05) is 0 Å². The summed E-state index contributed by atoms with van der Waals surface area (Å²) in [5.41, 5.74) is 1.04. The maximum absolute atomic E-state index is 12.2. The van der Waals surface area contributed by atoms with Crippen LogP contribution < -0.4 is 4.90 Å². The van der Waals surface area contributed by atoms with Crippen LogP contribution in [0.15, 0.2) is 12.4 Å². The molecule has 5 heteroatoms. The molecule has 1 aromatic heterocycles. The van der Waals surface area contributed by atoms with Gasteiger partial charge in [0.05, 0.1) is 12.1 Å². The Bertz CT molecular complexity index is 515. The Morgan fingerprint density at radius 2 is 1.80 bits per heavy atom. The van der Waals surface area contributed by atoms with Crippen LogP contribution >= 0.6 is 0 Å². The van der Waals surface area contributed by atoms with E-state index in [-0.39, 0.29) is 17.5 Å². The van der Waals surface area contributed by atoms with Gasteiger partial charge in [-0.3, -0.25) is 19.6 Å². The number of anilines is 1. The largest absolute Gasteiger partial charge is 0.298 e. The lowest BCUT2D eigenvalue weighted by atomic mass is 9.97. The number of amides is 1. The first-order chi connectivity index (χ1) is 9.47. The van der Waals surface area contributed by atoms with Crippen LogP contribution in [0.3, 0.4) is 0 Å². The number of likely N-dealkylation sites (tertiary alicyclic amines) is 1. The van der Waals surface area contributed by atoms with E-state index in [2.05, 4.69) is 35.6 Å². The maximum Gasteiger partial charge on any atom is 0.234 e. The number of hydrogen-bond donors (Lipinski definition) is 0. The fourth-order valence-electron chi connectivity index (χ4n) is 3.20. The quantitative estimate of drug-likeness (QED) is 0.781. The molecule has 20 heavy (non-hydrogen) atoms. The molecular weight excluding hydrogens is 252 g/mol. The molecule has 0 N–H and O–H groups in total. The van der Waals surface area contributed by atoms with Gasteiger partial charge in [0.2, 0.25) is 5.91 Å². The molecule has 3 heterocycles. The topological polar surface area (TPSA) is 49.3 Å². The Morgan fingerprint density at radius 1 is 1.15 bits per heavy atom. The first-order valence-electron chi connectivity index (χ1n) is 7.34. The lowest BCUT2D eigenvalue weighted by Crippen LogP contribution is -2.51. The molecule has 1 saturated heterocycles. The number of hydrogen-bond acceptors (Lipinski definition) is 4. The number of rotatable bonds is 1. The van der Waals surface area contributed by atoms with Crippen LogP contribution in [0, 0.1) is 0 Å². The van der Waals surface area contributed by atoms with Gasteiger partial charge < -0.3 is 0 Å². The second kappa shape index (κ2) is 4.81.